The van der Waals surface area contributed by atoms with Gasteiger partial charge >= 0.3 is 0 Å². The molecule has 1 rings (SSSR count). The Kier molecular flexibility index (Phi) is 3.30. The number of ether oxygens (including phenoxy) is 1. The number of hydrogen-bond donors (Lipinski definition) is 1. The van der Waals surface area contributed by atoms with E-state index in [1.54, 1.807) is 0 Å². The maximum atomic E-state index is 5.86. The Morgan fingerprint density at radius 3 is 3.00 bits per heavy atom. The average molecular weight is 158 g/mol. The molecule has 2 N–H and O–H groups in total. The van der Waals surface area contributed by atoms with Gasteiger partial charge in [-0.2, -0.15) is 0 Å². The average Bonchev–Trinajstić information content (AvgIpc) is 2.03. The molecule has 2 atom stereocenters. The van der Waals surface area contributed by atoms with Crippen LogP contribution in [0.1, 0.15) is 13.3 Å². The van der Waals surface area contributed by atoms with Crippen LogP contribution in [0.3, 0.4) is 0 Å². The number of nitrogens with two attached hydrogens (primary N) is 1. The van der Waals surface area contributed by atoms with Crippen molar-refractivity contribution >= 4 is 0 Å². The number of nitrogens with zero attached hydrogens (tertiary/aromatic N) is 1. The number of likely N-dealkylation sites (N-methyl/N-ethyl adjacent to an activating group) is 1. The molecule has 1 aliphatic rings. The third-order valence-corrected chi connectivity index (χ3v) is 2.25. The van der Waals surface area contributed by atoms with Crippen LogP contribution in [-0.2, 0) is 4.74 Å². The highest BCUT2D eigenvalue weighted by molar-refractivity contribution is 4.77. The van der Waals surface area contributed by atoms with Crippen LogP contribution in [0.5, 0.6) is 0 Å². The van der Waals surface area contributed by atoms with E-state index in [0.29, 0.717) is 0 Å². The van der Waals surface area contributed by atoms with Crippen molar-refractivity contribution in [3.05, 3.63) is 0 Å². The molecule has 3 nitrogen and oxygen atoms in total. The first-order chi connectivity index (χ1) is 5.24. The van der Waals surface area contributed by atoms with E-state index in [9.17, 15) is 0 Å². The lowest BCUT2D eigenvalue weighted by Gasteiger charge is -2.33. The maximum absolute atomic E-state index is 5.86. The largest absolute Gasteiger partial charge is 0.374 e. The minimum atomic E-state index is 0.206. The highest BCUT2D eigenvalue weighted by atomic mass is 16.5. The topological polar surface area (TPSA) is 38.5 Å². The van der Waals surface area contributed by atoms with E-state index in [1.165, 1.54) is 0 Å². The monoisotopic (exact) mass is 158 g/mol. The zero-order valence-corrected chi connectivity index (χ0v) is 7.42. The van der Waals surface area contributed by atoms with Crippen LogP contribution < -0.4 is 5.73 Å². The van der Waals surface area contributed by atoms with E-state index in [2.05, 4.69) is 18.9 Å². The summed E-state index contributed by atoms with van der Waals surface area (Å²) < 4.78 is 5.53. The number of rotatable bonds is 2. The third-order valence-electron chi connectivity index (χ3n) is 2.25. The summed E-state index contributed by atoms with van der Waals surface area (Å²) in [7, 11) is 2.11. The van der Waals surface area contributed by atoms with Crippen molar-refractivity contribution in [3.63, 3.8) is 0 Å². The van der Waals surface area contributed by atoms with Crippen molar-refractivity contribution in [1.29, 1.82) is 0 Å². The van der Waals surface area contributed by atoms with E-state index in [0.717, 1.165) is 26.1 Å². The van der Waals surface area contributed by atoms with Crippen LogP contribution in [0.15, 0.2) is 0 Å². The first-order valence-corrected chi connectivity index (χ1v) is 4.29. The summed E-state index contributed by atoms with van der Waals surface area (Å²) in [6.07, 6.45) is 1.25. The molecule has 0 aromatic rings. The molecule has 1 heterocycles. The lowest BCUT2D eigenvalue weighted by molar-refractivity contribution is -0.0325. The van der Waals surface area contributed by atoms with E-state index in [4.69, 9.17) is 10.5 Å². The fraction of sp³-hybridized carbons (Fsp3) is 1.00. The van der Waals surface area contributed by atoms with E-state index in [-0.39, 0.29) is 12.1 Å². The van der Waals surface area contributed by atoms with Crippen molar-refractivity contribution in [3.8, 4) is 0 Å². The lowest BCUT2D eigenvalue weighted by Crippen LogP contribution is -2.48. The fourth-order valence-corrected chi connectivity index (χ4v) is 1.33. The minimum Gasteiger partial charge on any atom is -0.374 e. The first-order valence-electron chi connectivity index (χ1n) is 4.29. The first kappa shape index (κ1) is 8.97. The Bertz CT molecular complexity index is 119. The Balaban J connectivity index is 2.33. The molecule has 0 aromatic carbocycles. The van der Waals surface area contributed by atoms with Crippen molar-refractivity contribution in [2.75, 3.05) is 26.7 Å². The molecule has 1 aliphatic heterocycles. The van der Waals surface area contributed by atoms with Crippen molar-refractivity contribution in [1.82, 2.24) is 4.90 Å². The van der Waals surface area contributed by atoms with Crippen LogP contribution >= 0.6 is 0 Å². The Morgan fingerprint density at radius 1 is 1.73 bits per heavy atom. The van der Waals surface area contributed by atoms with Gasteiger partial charge in [-0.25, -0.2) is 0 Å². The molecule has 1 fully saturated rings. The third kappa shape index (κ3) is 2.43. The van der Waals surface area contributed by atoms with Crippen molar-refractivity contribution < 1.29 is 4.74 Å². The van der Waals surface area contributed by atoms with E-state index in [1.807, 2.05) is 0 Å². The quantitative estimate of drug-likeness (QED) is 0.617. The molecule has 0 saturated carbocycles. The number of hydrogen-bond acceptors (Lipinski definition) is 3. The van der Waals surface area contributed by atoms with Crippen LogP contribution in [0.25, 0.3) is 0 Å². The predicted molar refractivity (Wildman–Crippen MR) is 45.5 cm³/mol. The summed E-state index contributed by atoms with van der Waals surface area (Å²) in [6.45, 7) is 4.94. The summed E-state index contributed by atoms with van der Waals surface area (Å²) in [5.74, 6) is 0. The molecule has 1 unspecified atom stereocenters. The molecule has 0 spiro atoms. The molecule has 0 aromatic heterocycles. The molecule has 0 radical (unpaired) electrons. The molecular formula is C8H18N2O. The maximum Gasteiger partial charge on any atom is 0.0852 e. The van der Waals surface area contributed by atoms with Gasteiger partial charge < -0.3 is 15.4 Å². The lowest BCUT2D eigenvalue weighted by atomic mass is 10.1. The second-order valence-electron chi connectivity index (χ2n) is 3.24. The van der Waals surface area contributed by atoms with E-state index >= 15 is 0 Å². The van der Waals surface area contributed by atoms with Crippen molar-refractivity contribution in [2.24, 2.45) is 5.73 Å². The number of morpholine rings is 1. The summed E-state index contributed by atoms with van der Waals surface area (Å²) in [5.41, 5.74) is 5.86. The van der Waals surface area contributed by atoms with Gasteiger partial charge in [-0.1, -0.05) is 6.92 Å². The Hall–Kier alpha value is -0.120. The highest BCUT2D eigenvalue weighted by Gasteiger charge is 2.22. The van der Waals surface area contributed by atoms with Crippen LogP contribution in [-0.4, -0.2) is 43.8 Å². The van der Waals surface area contributed by atoms with Gasteiger partial charge in [-0.3, -0.25) is 0 Å². The van der Waals surface area contributed by atoms with Crippen LogP contribution in [0, 0.1) is 0 Å². The van der Waals surface area contributed by atoms with Crippen molar-refractivity contribution in [2.45, 2.75) is 25.5 Å². The van der Waals surface area contributed by atoms with Gasteiger partial charge in [-0.15, -0.1) is 0 Å². The Morgan fingerprint density at radius 2 is 2.45 bits per heavy atom. The SMILES string of the molecule is CC[C@H](N)C1CN(C)CCO1. The molecule has 11 heavy (non-hydrogen) atoms. The van der Waals surface area contributed by atoms with Gasteiger partial charge in [-0.05, 0) is 13.5 Å². The second kappa shape index (κ2) is 4.04. The smallest absolute Gasteiger partial charge is 0.0852 e. The summed E-state index contributed by atoms with van der Waals surface area (Å²) in [6, 6.07) is 0.206. The molecule has 0 bridgehead atoms. The van der Waals surface area contributed by atoms with Gasteiger partial charge in [0.1, 0.15) is 0 Å². The van der Waals surface area contributed by atoms with Gasteiger partial charge in [0, 0.05) is 19.1 Å². The van der Waals surface area contributed by atoms with Gasteiger partial charge in [0.25, 0.3) is 0 Å². The van der Waals surface area contributed by atoms with Crippen LogP contribution in [0.4, 0.5) is 0 Å². The van der Waals surface area contributed by atoms with Gasteiger partial charge in [0.05, 0.1) is 12.7 Å². The second-order valence-corrected chi connectivity index (χ2v) is 3.24. The zero-order valence-electron chi connectivity index (χ0n) is 7.42. The van der Waals surface area contributed by atoms with Crippen LogP contribution in [0.2, 0.25) is 0 Å². The van der Waals surface area contributed by atoms with E-state index < -0.39 is 0 Å². The molecule has 0 amide bonds. The van der Waals surface area contributed by atoms with Gasteiger partial charge in [0.15, 0.2) is 0 Å². The molecular weight excluding hydrogens is 140 g/mol. The highest BCUT2D eigenvalue weighted by Crippen LogP contribution is 2.07. The Labute approximate surface area is 68.5 Å². The predicted octanol–water partition coefficient (Wildman–Crippen LogP) is 0.0543. The summed E-state index contributed by atoms with van der Waals surface area (Å²) >= 11 is 0. The standard InChI is InChI=1S/C8H18N2O/c1-3-7(9)8-6-10(2)4-5-11-8/h7-8H,3-6,9H2,1-2H3/t7-,8?/m0/s1. The van der Waals surface area contributed by atoms with Gasteiger partial charge in [0.2, 0.25) is 0 Å². The molecule has 1 saturated heterocycles. The fourth-order valence-electron chi connectivity index (χ4n) is 1.33. The normalized spacial score (nSPS) is 30.3. The molecule has 66 valence electrons. The summed E-state index contributed by atoms with van der Waals surface area (Å²) in [5, 5.41) is 0. The molecule has 0 aliphatic carbocycles. The minimum absolute atomic E-state index is 0.206. The summed E-state index contributed by atoms with van der Waals surface area (Å²) in [4.78, 5) is 2.27. The zero-order chi connectivity index (χ0) is 8.27. The molecule has 3 heteroatoms.